The largest absolute Gasteiger partial charge is 0.253 e. The standard InChI is InChI=1S/C12H13N/c1-8-6-11-5-4-10(3)13-12(11)7-9(8)2/h4-7H,1-3H3. The maximum Gasteiger partial charge on any atom is 0.0707 e. The fourth-order valence-corrected chi connectivity index (χ4v) is 1.49. The molecule has 0 aliphatic rings. The second-order valence-corrected chi connectivity index (χ2v) is 3.58. The topological polar surface area (TPSA) is 12.9 Å². The second-order valence-electron chi connectivity index (χ2n) is 3.58. The third-order valence-corrected chi connectivity index (χ3v) is 2.44. The SMILES string of the molecule is Cc1ccc2cc(C)c(C)cc2n1. The van der Waals surface area contributed by atoms with Gasteiger partial charge < -0.3 is 0 Å². The van der Waals surface area contributed by atoms with Crippen LogP contribution >= 0.6 is 0 Å². The first-order valence-electron chi connectivity index (χ1n) is 4.51. The van der Waals surface area contributed by atoms with E-state index in [-0.39, 0.29) is 0 Å². The highest BCUT2D eigenvalue weighted by Gasteiger charge is 1.98. The van der Waals surface area contributed by atoms with Crippen molar-refractivity contribution in [1.29, 1.82) is 0 Å². The molecule has 1 nitrogen and oxygen atoms in total. The third-order valence-electron chi connectivity index (χ3n) is 2.44. The van der Waals surface area contributed by atoms with Crippen molar-refractivity contribution in [3.05, 3.63) is 41.1 Å². The molecule has 66 valence electrons. The summed E-state index contributed by atoms with van der Waals surface area (Å²) in [5.74, 6) is 0. The van der Waals surface area contributed by atoms with Crippen LogP contribution in [0.4, 0.5) is 0 Å². The summed E-state index contributed by atoms with van der Waals surface area (Å²) in [5.41, 5.74) is 4.82. The Morgan fingerprint density at radius 2 is 1.62 bits per heavy atom. The van der Waals surface area contributed by atoms with Crippen LogP contribution in [0.15, 0.2) is 24.3 Å². The van der Waals surface area contributed by atoms with Gasteiger partial charge in [-0.05, 0) is 50.1 Å². The van der Waals surface area contributed by atoms with E-state index >= 15 is 0 Å². The Labute approximate surface area is 78.4 Å². The molecule has 0 amide bonds. The lowest BCUT2D eigenvalue weighted by molar-refractivity contribution is 1.24. The summed E-state index contributed by atoms with van der Waals surface area (Å²) in [6, 6.07) is 8.52. The van der Waals surface area contributed by atoms with E-state index < -0.39 is 0 Å². The highest BCUT2D eigenvalue weighted by atomic mass is 14.7. The number of hydrogen-bond acceptors (Lipinski definition) is 1. The molecule has 2 rings (SSSR count). The Morgan fingerprint density at radius 1 is 0.923 bits per heavy atom. The van der Waals surface area contributed by atoms with E-state index in [0.717, 1.165) is 11.2 Å². The Hall–Kier alpha value is -1.37. The third kappa shape index (κ3) is 1.42. The van der Waals surface area contributed by atoms with Crippen molar-refractivity contribution in [3.8, 4) is 0 Å². The lowest BCUT2D eigenvalue weighted by Crippen LogP contribution is -1.86. The van der Waals surface area contributed by atoms with Crippen LogP contribution in [0.5, 0.6) is 0 Å². The van der Waals surface area contributed by atoms with Gasteiger partial charge in [-0.25, -0.2) is 0 Å². The molecule has 0 radical (unpaired) electrons. The summed E-state index contributed by atoms with van der Waals surface area (Å²) in [7, 11) is 0. The zero-order valence-corrected chi connectivity index (χ0v) is 8.26. The van der Waals surface area contributed by atoms with Gasteiger partial charge in [0.2, 0.25) is 0 Å². The number of fused-ring (bicyclic) bond motifs is 1. The van der Waals surface area contributed by atoms with Gasteiger partial charge in [0, 0.05) is 11.1 Å². The molecule has 0 aliphatic carbocycles. The minimum absolute atomic E-state index is 1.08. The number of rotatable bonds is 0. The van der Waals surface area contributed by atoms with Crippen molar-refractivity contribution in [1.82, 2.24) is 4.98 Å². The van der Waals surface area contributed by atoms with Gasteiger partial charge >= 0.3 is 0 Å². The number of benzene rings is 1. The van der Waals surface area contributed by atoms with Crippen molar-refractivity contribution in [3.63, 3.8) is 0 Å². The average Bonchev–Trinajstić information content (AvgIpc) is 2.08. The molecule has 2 aromatic rings. The number of nitrogens with zero attached hydrogens (tertiary/aromatic N) is 1. The van der Waals surface area contributed by atoms with E-state index in [1.165, 1.54) is 16.5 Å². The lowest BCUT2D eigenvalue weighted by Gasteiger charge is -2.03. The molecule has 0 bridgehead atoms. The van der Waals surface area contributed by atoms with Crippen molar-refractivity contribution < 1.29 is 0 Å². The van der Waals surface area contributed by atoms with Crippen molar-refractivity contribution in [2.75, 3.05) is 0 Å². The zero-order chi connectivity index (χ0) is 9.42. The number of pyridine rings is 1. The first-order chi connectivity index (χ1) is 6.16. The molecule has 0 N–H and O–H groups in total. The normalized spacial score (nSPS) is 10.7. The van der Waals surface area contributed by atoms with Crippen LogP contribution in [0, 0.1) is 20.8 Å². The van der Waals surface area contributed by atoms with Crippen LogP contribution in [0.2, 0.25) is 0 Å². The number of aromatic nitrogens is 1. The fraction of sp³-hybridized carbons (Fsp3) is 0.250. The van der Waals surface area contributed by atoms with Gasteiger partial charge in [0.25, 0.3) is 0 Å². The second kappa shape index (κ2) is 2.84. The van der Waals surface area contributed by atoms with Crippen molar-refractivity contribution >= 4 is 10.9 Å². The maximum absolute atomic E-state index is 4.48. The Morgan fingerprint density at radius 3 is 2.38 bits per heavy atom. The molecular weight excluding hydrogens is 158 g/mol. The highest BCUT2D eigenvalue weighted by molar-refractivity contribution is 5.80. The van der Waals surface area contributed by atoms with E-state index in [0.29, 0.717) is 0 Å². The van der Waals surface area contributed by atoms with Crippen LogP contribution in [-0.2, 0) is 0 Å². The predicted octanol–water partition coefficient (Wildman–Crippen LogP) is 3.16. The monoisotopic (exact) mass is 171 g/mol. The van der Waals surface area contributed by atoms with E-state index in [1.807, 2.05) is 6.92 Å². The smallest absolute Gasteiger partial charge is 0.0707 e. The first kappa shape index (κ1) is 8.24. The summed E-state index contributed by atoms with van der Waals surface area (Å²) in [6.45, 7) is 6.28. The van der Waals surface area contributed by atoms with Crippen LogP contribution < -0.4 is 0 Å². The molecule has 13 heavy (non-hydrogen) atoms. The molecule has 0 aliphatic heterocycles. The predicted molar refractivity (Wildman–Crippen MR) is 56.0 cm³/mol. The Kier molecular flexibility index (Phi) is 1.80. The van der Waals surface area contributed by atoms with Gasteiger partial charge in [0.05, 0.1) is 5.52 Å². The molecular formula is C12H13N. The van der Waals surface area contributed by atoms with Crippen molar-refractivity contribution in [2.45, 2.75) is 20.8 Å². The first-order valence-corrected chi connectivity index (χ1v) is 4.51. The summed E-state index contributed by atoms with van der Waals surface area (Å²) >= 11 is 0. The minimum Gasteiger partial charge on any atom is -0.253 e. The molecule has 0 spiro atoms. The summed E-state index contributed by atoms with van der Waals surface area (Å²) < 4.78 is 0. The number of aryl methyl sites for hydroxylation is 3. The molecule has 1 aromatic heterocycles. The van der Waals surface area contributed by atoms with E-state index in [4.69, 9.17) is 0 Å². The summed E-state index contributed by atoms with van der Waals surface area (Å²) in [4.78, 5) is 4.48. The van der Waals surface area contributed by atoms with Gasteiger partial charge in [0.1, 0.15) is 0 Å². The zero-order valence-electron chi connectivity index (χ0n) is 8.26. The van der Waals surface area contributed by atoms with Gasteiger partial charge in [-0.2, -0.15) is 0 Å². The molecule has 1 heteroatoms. The molecule has 0 fully saturated rings. The lowest BCUT2D eigenvalue weighted by atomic mass is 10.1. The van der Waals surface area contributed by atoms with Crippen LogP contribution in [0.25, 0.3) is 10.9 Å². The molecule has 0 atom stereocenters. The van der Waals surface area contributed by atoms with E-state index in [2.05, 4.69) is 43.1 Å². The van der Waals surface area contributed by atoms with Crippen LogP contribution in [0.3, 0.4) is 0 Å². The summed E-state index contributed by atoms with van der Waals surface area (Å²) in [6.07, 6.45) is 0. The van der Waals surface area contributed by atoms with Gasteiger partial charge in [-0.3, -0.25) is 4.98 Å². The quantitative estimate of drug-likeness (QED) is 0.593. The average molecular weight is 171 g/mol. The Bertz CT molecular complexity index is 458. The molecule has 1 aromatic carbocycles. The Balaban J connectivity index is 2.81. The molecule has 0 unspecified atom stereocenters. The van der Waals surface area contributed by atoms with Gasteiger partial charge in [0.15, 0.2) is 0 Å². The fourth-order valence-electron chi connectivity index (χ4n) is 1.49. The van der Waals surface area contributed by atoms with Crippen LogP contribution in [0.1, 0.15) is 16.8 Å². The van der Waals surface area contributed by atoms with Crippen LogP contribution in [-0.4, -0.2) is 4.98 Å². The minimum atomic E-state index is 1.08. The van der Waals surface area contributed by atoms with E-state index in [9.17, 15) is 0 Å². The van der Waals surface area contributed by atoms with E-state index in [1.54, 1.807) is 0 Å². The summed E-state index contributed by atoms with van der Waals surface area (Å²) in [5, 5.41) is 1.23. The molecule has 0 saturated carbocycles. The maximum atomic E-state index is 4.48. The molecule has 0 saturated heterocycles. The van der Waals surface area contributed by atoms with Gasteiger partial charge in [-0.15, -0.1) is 0 Å². The highest BCUT2D eigenvalue weighted by Crippen LogP contribution is 2.17. The number of hydrogen-bond donors (Lipinski definition) is 0. The van der Waals surface area contributed by atoms with Crippen molar-refractivity contribution in [2.24, 2.45) is 0 Å². The molecule has 1 heterocycles. The van der Waals surface area contributed by atoms with Gasteiger partial charge in [-0.1, -0.05) is 6.07 Å².